The number of thioether (sulfide) groups is 1. The van der Waals surface area contributed by atoms with Crippen molar-refractivity contribution in [3.05, 3.63) is 58.6 Å². The minimum Gasteiger partial charge on any atom is -0.305 e. The van der Waals surface area contributed by atoms with E-state index in [0.717, 1.165) is 16.0 Å². The van der Waals surface area contributed by atoms with Crippen molar-refractivity contribution in [2.75, 3.05) is 6.26 Å². The molecule has 0 unspecified atom stereocenters. The lowest BCUT2D eigenvalue weighted by atomic mass is 10.1. The summed E-state index contributed by atoms with van der Waals surface area (Å²) in [6.07, 6.45) is 7.64. The Labute approximate surface area is 153 Å². The highest BCUT2D eigenvalue weighted by molar-refractivity contribution is 7.98. The minimum absolute atomic E-state index is 0.216. The lowest BCUT2D eigenvalue weighted by Gasteiger charge is -2.01. The third-order valence-electron chi connectivity index (χ3n) is 3.63. The van der Waals surface area contributed by atoms with Crippen LogP contribution in [0.5, 0.6) is 0 Å². The lowest BCUT2D eigenvalue weighted by Crippen LogP contribution is -2.17. The van der Waals surface area contributed by atoms with Crippen molar-refractivity contribution in [3.63, 3.8) is 0 Å². The van der Waals surface area contributed by atoms with E-state index in [0.29, 0.717) is 9.50 Å². The Morgan fingerprint density at radius 1 is 1.32 bits per heavy atom. The molecule has 0 N–H and O–H groups in total. The van der Waals surface area contributed by atoms with Crippen LogP contribution < -0.4 is 4.80 Å². The quantitative estimate of drug-likeness (QED) is 0.516. The molecule has 0 saturated carbocycles. The van der Waals surface area contributed by atoms with Crippen LogP contribution in [0.1, 0.15) is 5.56 Å². The number of rotatable bonds is 4. The number of hydrogen-bond donors (Lipinski definition) is 0. The summed E-state index contributed by atoms with van der Waals surface area (Å²) in [6.45, 7) is 0.278. The van der Waals surface area contributed by atoms with Crippen molar-refractivity contribution in [1.29, 1.82) is 0 Å². The van der Waals surface area contributed by atoms with Crippen molar-refractivity contribution in [2.45, 2.75) is 17.9 Å². The maximum absolute atomic E-state index is 13.4. The predicted molar refractivity (Wildman–Crippen MR) is 101 cm³/mol. The van der Waals surface area contributed by atoms with E-state index in [4.69, 9.17) is 6.42 Å². The standard InChI is InChI=1S/C19H15FN2OS2/c1-3-10-22-16-9-6-14(20)12-17(16)25-19(22)21-18(23)11-13-4-7-15(24-2)8-5-13/h1,4-9,12H,10-11H2,2H3. The first-order chi connectivity index (χ1) is 12.1. The fourth-order valence-corrected chi connectivity index (χ4v) is 3.92. The van der Waals surface area contributed by atoms with Gasteiger partial charge >= 0.3 is 0 Å². The van der Waals surface area contributed by atoms with Gasteiger partial charge in [0.25, 0.3) is 5.91 Å². The molecule has 0 bridgehead atoms. The van der Waals surface area contributed by atoms with Crippen LogP contribution in [-0.2, 0) is 17.8 Å². The molecule has 0 saturated heterocycles. The molecular weight excluding hydrogens is 355 g/mol. The van der Waals surface area contributed by atoms with E-state index in [-0.39, 0.29) is 24.7 Å². The van der Waals surface area contributed by atoms with Crippen LogP contribution in [0.3, 0.4) is 0 Å². The van der Waals surface area contributed by atoms with Gasteiger partial charge in [0, 0.05) is 4.90 Å². The number of carbonyl (C=O) groups is 1. The Morgan fingerprint density at radius 2 is 2.08 bits per heavy atom. The molecule has 2 aromatic carbocycles. The van der Waals surface area contributed by atoms with Gasteiger partial charge in [-0.1, -0.05) is 29.4 Å². The van der Waals surface area contributed by atoms with Gasteiger partial charge in [-0.3, -0.25) is 4.79 Å². The smallest absolute Gasteiger partial charge is 0.252 e. The van der Waals surface area contributed by atoms with Gasteiger partial charge in [-0.25, -0.2) is 4.39 Å². The molecule has 0 atom stereocenters. The Kier molecular flexibility index (Phi) is 5.37. The predicted octanol–water partition coefficient (Wildman–Crippen LogP) is 3.87. The summed E-state index contributed by atoms with van der Waals surface area (Å²) in [7, 11) is 0. The monoisotopic (exact) mass is 370 g/mol. The fourth-order valence-electron chi connectivity index (χ4n) is 2.44. The average Bonchev–Trinajstić information content (AvgIpc) is 2.92. The van der Waals surface area contributed by atoms with Crippen molar-refractivity contribution in [3.8, 4) is 12.3 Å². The van der Waals surface area contributed by atoms with E-state index in [1.165, 1.54) is 23.5 Å². The van der Waals surface area contributed by atoms with Gasteiger partial charge in [-0.15, -0.1) is 18.2 Å². The number of carbonyl (C=O) groups excluding carboxylic acids is 1. The number of hydrogen-bond acceptors (Lipinski definition) is 3. The summed E-state index contributed by atoms with van der Waals surface area (Å²) in [5.41, 5.74) is 1.68. The highest BCUT2D eigenvalue weighted by Gasteiger charge is 2.09. The van der Waals surface area contributed by atoms with Crippen LogP contribution >= 0.6 is 23.1 Å². The SMILES string of the molecule is C#CCn1c(=NC(=O)Cc2ccc(SC)cc2)sc2cc(F)ccc21. The van der Waals surface area contributed by atoms with Crippen molar-refractivity contribution in [1.82, 2.24) is 4.57 Å². The number of aromatic nitrogens is 1. The lowest BCUT2D eigenvalue weighted by molar-refractivity contribution is -0.117. The van der Waals surface area contributed by atoms with Crippen LogP contribution in [-0.4, -0.2) is 16.7 Å². The van der Waals surface area contributed by atoms with Gasteiger partial charge in [0.05, 0.1) is 23.2 Å². The summed E-state index contributed by atoms with van der Waals surface area (Å²) in [4.78, 5) is 18.2. The molecule has 25 heavy (non-hydrogen) atoms. The molecule has 3 rings (SSSR count). The van der Waals surface area contributed by atoms with Crippen LogP contribution in [0, 0.1) is 18.2 Å². The van der Waals surface area contributed by atoms with Gasteiger partial charge in [-0.2, -0.15) is 4.99 Å². The second-order valence-corrected chi connectivity index (χ2v) is 7.21. The summed E-state index contributed by atoms with van der Waals surface area (Å²) in [5, 5.41) is 0. The average molecular weight is 370 g/mol. The van der Waals surface area contributed by atoms with Gasteiger partial charge in [0.2, 0.25) is 0 Å². The van der Waals surface area contributed by atoms with Crippen LogP contribution in [0.15, 0.2) is 52.4 Å². The van der Waals surface area contributed by atoms with Gasteiger partial charge < -0.3 is 4.57 Å². The Bertz CT molecular complexity index is 1030. The highest BCUT2D eigenvalue weighted by atomic mass is 32.2. The minimum atomic E-state index is -0.326. The molecule has 6 heteroatoms. The molecular formula is C19H15FN2OS2. The first kappa shape index (κ1) is 17.5. The molecule has 126 valence electrons. The first-order valence-corrected chi connectivity index (χ1v) is 9.57. The summed E-state index contributed by atoms with van der Waals surface area (Å²) < 4.78 is 15.9. The molecule has 1 aromatic heterocycles. The molecule has 0 fully saturated rings. The molecule has 0 aliphatic heterocycles. The first-order valence-electron chi connectivity index (χ1n) is 7.53. The Hall–Kier alpha value is -2.36. The summed E-state index contributed by atoms with van der Waals surface area (Å²) in [6, 6.07) is 12.3. The van der Waals surface area contributed by atoms with E-state index in [9.17, 15) is 9.18 Å². The van der Waals surface area contributed by atoms with E-state index in [2.05, 4.69) is 10.9 Å². The molecule has 0 aliphatic carbocycles. The normalized spacial score (nSPS) is 11.6. The molecule has 0 aliphatic rings. The van der Waals surface area contributed by atoms with Crippen LogP contribution in [0.4, 0.5) is 4.39 Å². The molecule has 1 amide bonds. The zero-order valence-electron chi connectivity index (χ0n) is 13.5. The second-order valence-electron chi connectivity index (χ2n) is 5.32. The largest absolute Gasteiger partial charge is 0.305 e. The van der Waals surface area contributed by atoms with Crippen molar-refractivity contribution >= 4 is 39.2 Å². The molecule has 3 aromatic rings. The number of thiazole rings is 1. The molecule has 3 nitrogen and oxygen atoms in total. The zero-order valence-corrected chi connectivity index (χ0v) is 15.2. The second kappa shape index (κ2) is 7.68. The Morgan fingerprint density at radius 3 is 2.76 bits per heavy atom. The number of fused-ring (bicyclic) bond motifs is 1. The number of halogens is 1. The van der Waals surface area contributed by atoms with E-state index < -0.39 is 0 Å². The van der Waals surface area contributed by atoms with Crippen LogP contribution in [0.2, 0.25) is 0 Å². The third kappa shape index (κ3) is 4.01. The van der Waals surface area contributed by atoms with Crippen LogP contribution in [0.25, 0.3) is 10.2 Å². The van der Waals surface area contributed by atoms with Gasteiger partial charge in [0.15, 0.2) is 4.80 Å². The van der Waals surface area contributed by atoms with Crippen molar-refractivity contribution in [2.24, 2.45) is 4.99 Å². The number of terminal acetylenes is 1. The number of nitrogens with zero attached hydrogens (tertiary/aromatic N) is 2. The summed E-state index contributed by atoms with van der Waals surface area (Å²) >= 11 is 2.91. The van der Waals surface area contributed by atoms with Gasteiger partial charge in [-0.05, 0) is 42.2 Å². The third-order valence-corrected chi connectivity index (χ3v) is 5.41. The molecule has 1 heterocycles. The topological polar surface area (TPSA) is 34.4 Å². The summed E-state index contributed by atoms with van der Waals surface area (Å²) in [5.74, 6) is 1.97. The number of benzene rings is 2. The zero-order chi connectivity index (χ0) is 17.8. The van der Waals surface area contributed by atoms with E-state index in [1.807, 2.05) is 30.5 Å². The Balaban J connectivity index is 1.94. The van der Waals surface area contributed by atoms with E-state index in [1.54, 1.807) is 22.4 Å². The van der Waals surface area contributed by atoms with E-state index >= 15 is 0 Å². The number of amides is 1. The maximum atomic E-state index is 13.4. The van der Waals surface area contributed by atoms with Crippen molar-refractivity contribution < 1.29 is 9.18 Å². The van der Waals surface area contributed by atoms with Gasteiger partial charge in [0.1, 0.15) is 5.82 Å². The fraction of sp³-hybridized carbons (Fsp3) is 0.158. The maximum Gasteiger partial charge on any atom is 0.252 e. The molecule has 0 spiro atoms. The molecule has 0 radical (unpaired) electrons. The highest BCUT2D eigenvalue weighted by Crippen LogP contribution is 2.19.